The average Bonchev–Trinajstić information content (AvgIpc) is 2.59. The Morgan fingerprint density at radius 1 is 0.760 bits per heavy atom. The average molecular weight is 393 g/mol. The van der Waals surface area contributed by atoms with Crippen molar-refractivity contribution in [2.24, 2.45) is 0 Å². The largest absolute Gasteiger partial charge is 0.500 e. The Hall–Kier alpha value is 0.117. The zero-order valence-electron chi connectivity index (χ0n) is 16.9. The van der Waals surface area contributed by atoms with E-state index >= 15 is 0 Å². The highest BCUT2D eigenvalue weighted by atomic mass is 32.2. The Balaban J connectivity index is 3.83. The maximum Gasteiger partial charge on any atom is 0.500 e. The first kappa shape index (κ1) is 25.1. The molecule has 0 N–H and O–H groups in total. The Labute approximate surface area is 161 Å². The van der Waals surface area contributed by atoms with Crippen LogP contribution < -0.4 is 0 Å². The molecule has 0 radical (unpaired) electrons. The van der Waals surface area contributed by atoms with E-state index in [1.54, 1.807) is 0 Å². The van der Waals surface area contributed by atoms with Crippen molar-refractivity contribution in [2.75, 3.05) is 25.6 Å². The number of thioether (sulfide) groups is 1. The van der Waals surface area contributed by atoms with Crippen LogP contribution in [0.15, 0.2) is 0 Å². The fourth-order valence-corrected chi connectivity index (χ4v) is 6.45. The minimum atomic E-state index is -2.54. The molecule has 0 heterocycles. The summed E-state index contributed by atoms with van der Waals surface area (Å²) >= 11 is 1.46. The van der Waals surface area contributed by atoms with Gasteiger partial charge in [-0.3, -0.25) is 4.79 Å². The summed E-state index contributed by atoms with van der Waals surface area (Å²) in [4.78, 5) is 12.0. The van der Waals surface area contributed by atoms with Gasteiger partial charge in [0.25, 0.3) is 0 Å². The van der Waals surface area contributed by atoms with Crippen LogP contribution in [0.25, 0.3) is 0 Å². The van der Waals surface area contributed by atoms with Gasteiger partial charge < -0.3 is 13.3 Å². The summed E-state index contributed by atoms with van der Waals surface area (Å²) in [5, 5.41) is 0.324. The summed E-state index contributed by atoms with van der Waals surface area (Å²) in [5.41, 5.74) is 0. The molecule has 25 heavy (non-hydrogen) atoms. The van der Waals surface area contributed by atoms with Crippen molar-refractivity contribution in [1.29, 1.82) is 0 Å². The summed E-state index contributed by atoms with van der Waals surface area (Å²) in [6.07, 6.45) is 10.4. The van der Waals surface area contributed by atoms with Crippen molar-refractivity contribution in [1.82, 2.24) is 0 Å². The predicted molar refractivity (Wildman–Crippen MR) is 110 cm³/mol. The van der Waals surface area contributed by atoms with Crippen LogP contribution in [0.1, 0.15) is 85.5 Å². The summed E-state index contributed by atoms with van der Waals surface area (Å²) in [6, 6.07) is 0.792. The van der Waals surface area contributed by atoms with E-state index in [1.807, 2.05) is 20.8 Å². The smallest absolute Gasteiger partial charge is 0.374 e. The number of carbonyl (C=O) groups is 1. The molecule has 0 fully saturated rings. The number of hydrogen-bond donors (Lipinski definition) is 0. The molecule has 6 heteroatoms. The van der Waals surface area contributed by atoms with Crippen LogP contribution in [0, 0.1) is 0 Å². The van der Waals surface area contributed by atoms with Crippen molar-refractivity contribution in [2.45, 2.75) is 91.5 Å². The monoisotopic (exact) mass is 392 g/mol. The highest BCUT2D eigenvalue weighted by Crippen LogP contribution is 2.21. The van der Waals surface area contributed by atoms with Gasteiger partial charge in [0.1, 0.15) is 0 Å². The first-order chi connectivity index (χ1) is 12.1. The topological polar surface area (TPSA) is 44.8 Å². The third-order valence-electron chi connectivity index (χ3n) is 3.97. The second-order valence-corrected chi connectivity index (χ2v) is 10.1. The van der Waals surface area contributed by atoms with Crippen LogP contribution in [-0.2, 0) is 18.1 Å². The van der Waals surface area contributed by atoms with Crippen LogP contribution in [0.4, 0.5) is 0 Å². The van der Waals surface area contributed by atoms with Crippen LogP contribution >= 0.6 is 11.8 Å². The third-order valence-corrected chi connectivity index (χ3v) is 8.14. The molecule has 0 rings (SSSR count). The van der Waals surface area contributed by atoms with E-state index in [4.69, 9.17) is 13.3 Å². The second kappa shape index (κ2) is 17.5. The number of carbonyl (C=O) groups excluding carboxylic acids is 1. The van der Waals surface area contributed by atoms with Gasteiger partial charge in [0.05, 0.1) is 0 Å². The fraction of sp³-hybridized carbons (Fsp3) is 0.947. The maximum absolute atomic E-state index is 12.0. The van der Waals surface area contributed by atoms with Crippen LogP contribution in [0.2, 0.25) is 6.04 Å². The third kappa shape index (κ3) is 13.9. The van der Waals surface area contributed by atoms with Gasteiger partial charge >= 0.3 is 8.80 Å². The Kier molecular flexibility index (Phi) is 17.6. The molecule has 0 unspecified atom stereocenters. The van der Waals surface area contributed by atoms with Gasteiger partial charge in [0.15, 0.2) is 5.12 Å². The number of rotatable bonds is 18. The van der Waals surface area contributed by atoms with Crippen molar-refractivity contribution in [3.05, 3.63) is 0 Å². The molecule has 0 amide bonds. The summed E-state index contributed by atoms with van der Waals surface area (Å²) in [5.74, 6) is 0.831. The van der Waals surface area contributed by atoms with Crippen molar-refractivity contribution >= 4 is 25.7 Å². The normalized spacial score (nSPS) is 11.8. The Morgan fingerprint density at radius 3 is 1.80 bits per heavy atom. The molecule has 0 aromatic rings. The van der Waals surface area contributed by atoms with Gasteiger partial charge in [-0.2, -0.15) is 0 Å². The van der Waals surface area contributed by atoms with Gasteiger partial charge in [-0.1, -0.05) is 57.2 Å². The van der Waals surface area contributed by atoms with E-state index in [1.165, 1.54) is 50.3 Å². The number of hydrogen-bond acceptors (Lipinski definition) is 5. The molecule has 0 aromatic heterocycles. The molecule has 0 saturated carbocycles. The molecular formula is C19H40O4SSi. The lowest BCUT2D eigenvalue weighted by Crippen LogP contribution is -2.46. The molecule has 0 aliphatic rings. The van der Waals surface area contributed by atoms with Gasteiger partial charge in [0, 0.05) is 38.0 Å². The van der Waals surface area contributed by atoms with Crippen LogP contribution in [-0.4, -0.2) is 39.5 Å². The van der Waals surface area contributed by atoms with E-state index in [9.17, 15) is 4.79 Å². The molecule has 0 aromatic carbocycles. The molecule has 0 atom stereocenters. The number of unbranched alkanes of at least 4 members (excludes halogenated alkanes) is 6. The highest BCUT2D eigenvalue weighted by Gasteiger charge is 2.39. The van der Waals surface area contributed by atoms with E-state index in [2.05, 4.69) is 6.92 Å². The molecule has 0 spiro atoms. The molecule has 0 aliphatic heterocycles. The van der Waals surface area contributed by atoms with Gasteiger partial charge in [-0.05, 0) is 33.6 Å². The van der Waals surface area contributed by atoms with Crippen LogP contribution in [0.5, 0.6) is 0 Å². The summed E-state index contributed by atoms with van der Waals surface area (Å²) in [6.45, 7) is 9.98. The lowest BCUT2D eigenvalue weighted by atomic mass is 10.1. The molecule has 0 aliphatic carbocycles. The second-order valence-electron chi connectivity index (χ2n) is 6.18. The highest BCUT2D eigenvalue weighted by molar-refractivity contribution is 8.13. The summed E-state index contributed by atoms with van der Waals surface area (Å²) < 4.78 is 17.5. The Bertz CT molecular complexity index is 299. The standard InChI is InChI=1S/C19H40O4SSi/c1-5-9-10-11-12-13-14-16-19(20)24-17-15-18-25(21-6-2,22-7-3)23-8-4/h5-18H2,1-4H3. The van der Waals surface area contributed by atoms with Gasteiger partial charge in [-0.25, -0.2) is 0 Å². The van der Waals surface area contributed by atoms with Crippen LogP contribution in [0.3, 0.4) is 0 Å². The molecular weight excluding hydrogens is 352 g/mol. The minimum absolute atomic E-state index is 0.324. The van der Waals surface area contributed by atoms with E-state index < -0.39 is 8.80 Å². The SMILES string of the molecule is CCCCCCCCCC(=O)SCCC[Si](OCC)(OCC)OCC. The van der Waals surface area contributed by atoms with E-state index in [0.29, 0.717) is 31.4 Å². The minimum Gasteiger partial charge on any atom is -0.374 e. The fourth-order valence-electron chi connectivity index (χ4n) is 2.77. The van der Waals surface area contributed by atoms with Crippen molar-refractivity contribution in [3.63, 3.8) is 0 Å². The van der Waals surface area contributed by atoms with Gasteiger partial charge in [-0.15, -0.1) is 0 Å². The van der Waals surface area contributed by atoms with Crippen molar-refractivity contribution in [3.8, 4) is 0 Å². The van der Waals surface area contributed by atoms with E-state index in [-0.39, 0.29) is 0 Å². The zero-order valence-corrected chi connectivity index (χ0v) is 18.8. The quantitative estimate of drug-likeness (QED) is 0.217. The summed E-state index contributed by atoms with van der Waals surface area (Å²) in [7, 11) is -2.54. The molecule has 150 valence electrons. The van der Waals surface area contributed by atoms with Gasteiger partial charge in [0.2, 0.25) is 0 Å². The lowest BCUT2D eigenvalue weighted by molar-refractivity contribution is -0.111. The first-order valence-corrected chi connectivity index (χ1v) is 13.1. The first-order valence-electron chi connectivity index (χ1n) is 10.2. The Morgan fingerprint density at radius 2 is 1.28 bits per heavy atom. The maximum atomic E-state index is 12.0. The lowest BCUT2D eigenvalue weighted by Gasteiger charge is -2.28. The predicted octanol–water partition coefficient (Wildman–Crippen LogP) is 5.83. The van der Waals surface area contributed by atoms with E-state index in [0.717, 1.165) is 24.6 Å². The van der Waals surface area contributed by atoms with Crippen molar-refractivity contribution < 1.29 is 18.1 Å². The zero-order chi connectivity index (χ0) is 18.8. The molecule has 0 saturated heterocycles. The molecule has 0 bridgehead atoms. The molecule has 4 nitrogen and oxygen atoms in total.